The fourth-order valence-electron chi connectivity index (χ4n) is 7.39. The van der Waals surface area contributed by atoms with Crippen LogP contribution in [0.4, 0.5) is 34.1 Å². The molecular weight excluding hydrogens is 645 g/mol. The van der Waals surface area contributed by atoms with Crippen LogP contribution in [-0.4, -0.2) is 0 Å². The van der Waals surface area contributed by atoms with Gasteiger partial charge in [0, 0.05) is 74.2 Å². The monoisotopic (exact) mass is 674 g/mol. The van der Waals surface area contributed by atoms with Crippen molar-refractivity contribution in [1.82, 2.24) is 0 Å². The van der Waals surface area contributed by atoms with Gasteiger partial charge in [0.2, 0.25) is 0 Å². The highest BCUT2D eigenvalue weighted by molar-refractivity contribution is 7.26. The molecule has 0 aliphatic rings. The Morgan fingerprint density at radius 2 is 0.740 bits per heavy atom. The summed E-state index contributed by atoms with van der Waals surface area (Å²) in [5.74, 6) is 0. The Morgan fingerprint density at radius 3 is 1.40 bits per heavy atom. The second-order valence-corrected chi connectivity index (χ2v) is 14.7. The summed E-state index contributed by atoms with van der Waals surface area (Å²) in [6.07, 6.45) is 0. The molecule has 0 spiro atoms. The molecule has 2 aromatic heterocycles. The fraction of sp³-hybridized carbons (Fsp3) is 0. The zero-order chi connectivity index (χ0) is 33.0. The fourth-order valence-corrected chi connectivity index (χ4v) is 9.62. The summed E-state index contributed by atoms with van der Waals surface area (Å²) in [5, 5.41) is 7.68. The first-order valence-electron chi connectivity index (χ1n) is 16.8. The van der Waals surface area contributed by atoms with Gasteiger partial charge in [0.1, 0.15) is 0 Å². The zero-order valence-corrected chi connectivity index (χ0v) is 28.7. The van der Waals surface area contributed by atoms with Gasteiger partial charge >= 0.3 is 0 Å². The van der Waals surface area contributed by atoms with Gasteiger partial charge in [0.15, 0.2) is 0 Å². The molecule has 10 rings (SSSR count). The van der Waals surface area contributed by atoms with Crippen molar-refractivity contribution >= 4 is 108 Å². The molecule has 2 heterocycles. The van der Waals surface area contributed by atoms with E-state index >= 15 is 0 Å². The number of fused-ring (bicyclic) bond motifs is 8. The van der Waals surface area contributed by atoms with E-state index in [-0.39, 0.29) is 0 Å². The molecule has 8 aromatic carbocycles. The van der Waals surface area contributed by atoms with E-state index in [1.807, 2.05) is 22.7 Å². The van der Waals surface area contributed by atoms with Crippen LogP contribution in [-0.2, 0) is 0 Å². The van der Waals surface area contributed by atoms with Crippen molar-refractivity contribution in [1.29, 1.82) is 0 Å². The lowest BCUT2D eigenvalue weighted by molar-refractivity contribution is 1.29. The van der Waals surface area contributed by atoms with E-state index in [4.69, 9.17) is 0 Å². The molecular formula is C46H30N2S2. The van der Waals surface area contributed by atoms with Crippen LogP contribution in [0.15, 0.2) is 182 Å². The first kappa shape index (κ1) is 29.0. The van der Waals surface area contributed by atoms with Gasteiger partial charge in [-0.1, -0.05) is 97.1 Å². The quantitative estimate of drug-likeness (QED) is 0.173. The number of hydrogen-bond acceptors (Lipinski definition) is 4. The molecule has 0 aliphatic heterocycles. The number of rotatable bonds is 6. The number of benzene rings is 8. The standard InChI is InChI=1S/C46H30N2S2/c1-4-14-31(15-5-1)47(32-16-6-2-7-17-32)34-24-27-44-40(29-34)46-38-22-11-10-20-36(38)41(30-45(46)50-44)48(33-18-8-3-9-19-33)35-25-26-43-39(28-35)37-21-12-13-23-42(37)49-43/h1-30H. The van der Waals surface area contributed by atoms with Gasteiger partial charge in [0.05, 0.1) is 5.69 Å². The van der Waals surface area contributed by atoms with E-state index in [0.29, 0.717) is 0 Å². The summed E-state index contributed by atoms with van der Waals surface area (Å²) in [6.45, 7) is 0. The summed E-state index contributed by atoms with van der Waals surface area (Å²) in [4.78, 5) is 4.79. The average molecular weight is 675 g/mol. The summed E-state index contributed by atoms with van der Waals surface area (Å²) in [5.41, 5.74) is 6.89. The highest BCUT2D eigenvalue weighted by Crippen LogP contribution is 2.48. The molecule has 0 atom stereocenters. The van der Waals surface area contributed by atoms with Crippen LogP contribution >= 0.6 is 22.7 Å². The number of nitrogens with zero attached hydrogens (tertiary/aromatic N) is 2. The largest absolute Gasteiger partial charge is 0.310 e. The van der Waals surface area contributed by atoms with E-state index < -0.39 is 0 Å². The predicted molar refractivity (Wildman–Crippen MR) is 219 cm³/mol. The third kappa shape index (κ3) is 4.76. The topological polar surface area (TPSA) is 6.48 Å². The lowest BCUT2D eigenvalue weighted by Gasteiger charge is -2.27. The SMILES string of the molecule is c1ccc(N(c2ccccc2)c2ccc3sc4cc(N(c5ccccc5)c5ccc6sc7ccccc7c6c5)c5ccccc5c4c3c2)cc1. The maximum absolute atomic E-state index is 2.44. The van der Waals surface area contributed by atoms with Crippen molar-refractivity contribution in [3.05, 3.63) is 182 Å². The van der Waals surface area contributed by atoms with Gasteiger partial charge in [-0.3, -0.25) is 0 Å². The van der Waals surface area contributed by atoms with Gasteiger partial charge in [-0.2, -0.15) is 0 Å². The highest BCUT2D eigenvalue weighted by Gasteiger charge is 2.21. The molecule has 0 amide bonds. The first-order chi connectivity index (χ1) is 24.8. The molecule has 0 fully saturated rings. The van der Waals surface area contributed by atoms with Crippen LogP contribution in [0.1, 0.15) is 0 Å². The van der Waals surface area contributed by atoms with E-state index in [9.17, 15) is 0 Å². The van der Waals surface area contributed by atoms with Crippen molar-refractivity contribution in [2.75, 3.05) is 9.80 Å². The number of anilines is 6. The van der Waals surface area contributed by atoms with Crippen molar-refractivity contribution in [3.8, 4) is 0 Å². The molecule has 0 bridgehead atoms. The van der Waals surface area contributed by atoms with E-state index in [1.54, 1.807) is 0 Å². The Labute approximate surface area is 298 Å². The third-order valence-corrected chi connectivity index (χ3v) is 11.9. The molecule has 2 nitrogen and oxygen atoms in total. The maximum Gasteiger partial charge on any atom is 0.0554 e. The molecule has 50 heavy (non-hydrogen) atoms. The molecule has 0 aliphatic carbocycles. The number of thiophene rings is 2. The smallest absolute Gasteiger partial charge is 0.0554 e. The highest BCUT2D eigenvalue weighted by atomic mass is 32.1. The normalized spacial score (nSPS) is 11.6. The van der Waals surface area contributed by atoms with E-state index in [0.717, 1.165) is 28.4 Å². The van der Waals surface area contributed by atoms with Crippen LogP contribution in [0.5, 0.6) is 0 Å². The summed E-state index contributed by atoms with van der Waals surface area (Å²) >= 11 is 3.73. The Morgan fingerprint density at radius 1 is 0.280 bits per heavy atom. The van der Waals surface area contributed by atoms with Crippen molar-refractivity contribution in [3.63, 3.8) is 0 Å². The maximum atomic E-state index is 2.44. The number of para-hydroxylation sites is 3. The van der Waals surface area contributed by atoms with Crippen LogP contribution < -0.4 is 9.80 Å². The second kappa shape index (κ2) is 11.9. The molecule has 0 radical (unpaired) electrons. The minimum atomic E-state index is 1.14. The lowest BCUT2D eigenvalue weighted by Crippen LogP contribution is -2.10. The molecule has 0 saturated heterocycles. The van der Waals surface area contributed by atoms with Crippen LogP contribution in [0.3, 0.4) is 0 Å². The number of hydrogen-bond donors (Lipinski definition) is 0. The first-order valence-corrected chi connectivity index (χ1v) is 18.5. The van der Waals surface area contributed by atoms with Crippen molar-refractivity contribution in [2.45, 2.75) is 0 Å². The minimum absolute atomic E-state index is 1.14. The Kier molecular flexibility index (Phi) is 6.90. The Hall–Kier alpha value is -5.94. The molecule has 4 heteroatoms. The van der Waals surface area contributed by atoms with Crippen molar-refractivity contribution < 1.29 is 0 Å². The predicted octanol–water partition coefficient (Wildman–Crippen LogP) is 14.5. The summed E-state index contributed by atoms with van der Waals surface area (Å²) in [7, 11) is 0. The Balaban J connectivity index is 1.21. The van der Waals surface area contributed by atoms with Crippen LogP contribution in [0.25, 0.3) is 51.1 Å². The molecule has 236 valence electrons. The van der Waals surface area contributed by atoms with Gasteiger partial charge in [-0.05, 0) is 90.3 Å². The third-order valence-electron chi connectivity index (χ3n) is 9.60. The van der Waals surface area contributed by atoms with E-state index in [1.165, 1.54) is 56.8 Å². The average Bonchev–Trinajstić information content (AvgIpc) is 3.74. The molecule has 0 N–H and O–H groups in total. The lowest BCUT2D eigenvalue weighted by atomic mass is 10.00. The molecule has 0 saturated carbocycles. The zero-order valence-electron chi connectivity index (χ0n) is 27.0. The Bertz CT molecular complexity index is 2780. The summed E-state index contributed by atoms with van der Waals surface area (Å²) in [6, 6.07) is 66.1. The second-order valence-electron chi connectivity index (χ2n) is 12.6. The van der Waals surface area contributed by atoms with Crippen LogP contribution in [0.2, 0.25) is 0 Å². The van der Waals surface area contributed by atoms with Gasteiger partial charge in [-0.15, -0.1) is 22.7 Å². The van der Waals surface area contributed by atoms with Gasteiger partial charge in [0.25, 0.3) is 0 Å². The van der Waals surface area contributed by atoms with Gasteiger partial charge in [-0.25, -0.2) is 0 Å². The molecule has 0 unspecified atom stereocenters. The minimum Gasteiger partial charge on any atom is -0.310 e. The summed E-state index contributed by atoms with van der Waals surface area (Å²) < 4.78 is 5.19. The molecule has 10 aromatic rings. The van der Waals surface area contributed by atoms with Crippen LogP contribution in [0, 0.1) is 0 Å². The van der Waals surface area contributed by atoms with Crippen molar-refractivity contribution in [2.24, 2.45) is 0 Å². The van der Waals surface area contributed by atoms with Gasteiger partial charge < -0.3 is 9.80 Å². The van der Waals surface area contributed by atoms with E-state index in [2.05, 4.69) is 192 Å².